The predicted octanol–water partition coefficient (Wildman–Crippen LogP) is 4.18. The molecule has 104 valence electrons. The lowest BCUT2D eigenvalue weighted by Crippen LogP contribution is -2.48. The van der Waals surface area contributed by atoms with Crippen LogP contribution in [-0.2, 0) is 11.8 Å². The van der Waals surface area contributed by atoms with E-state index in [2.05, 4.69) is 10.2 Å². The quantitative estimate of drug-likeness (QED) is 0.779. The molecule has 0 N–H and O–H groups in total. The van der Waals surface area contributed by atoms with Crippen LogP contribution in [0, 0.1) is 17.8 Å². The Morgan fingerprint density at radius 3 is 2.26 bits per heavy atom. The standard InChI is InChI=1S/C15H21ClN2S/c16-3-1-2-13-17-18-14(19-13)15-7-10-4-11(8-15)6-12(5-10)9-15/h10-12H,1-9H2. The Morgan fingerprint density at radius 1 is 1.05 bits per heavy atom. The van der Waals surface area contributed by atoms with E-state index in [0.717, 1.165) is 36.5 Å². The van der Waals surface area contributed by atoms with Crippen LogP contribution < -0.4 is 0 Å². The molecule has 0 spiro atoms. The Hall–Kier alpha value is -0.150. The highest BCUT2D eigenvalue weighted by Gasteiger charge is 2.53. The summed E-state index contributed by atoms with van der Waals surface area (Å²) < 4.78 is 0. The van der Waals surface area contributed by atoms with Crippen molar-refractivity contribution < 1.29 is 0 Å². The predicted molar refractivity (Wildman–Crippen MR) is 78.8 cm³/mol. The molecule has 4 heteroatoms. The smallest absolute Gasteiger partial charge is 0.123 e. The van der Waals surface area contributed by atoms with Crippen LogP contribution in [0.1, 0.15) is 55.0 Å². The van der Waals surface area contributed by atoms with Gasteiger partial charge < -0.3 is 0 Å². The SMILES string of the molecule is ClCCCc1nnc(C23CC4CC(CC(C4)C2)C3)s1. The number of aromatic nitrogens is 2. The van der Waals surface area contributed by atoms with Gasteiger partial charge in [0.2, 0.25) is 0 Å². The molecule has 0 amide bonds. The molecule has 1 heterocycles. The summed E-state index contributed by atoms with van der Waals surface area (Å²) in [5.74, 6) is 3.69. The summed E-state index contributed by atoms with van der Waals surface area (Å²) in [6.07, 6.45) is 10.7. The fourth-order valence-electron chi connectivity index (χ4n) is 5.16. The van der Waals surface area contributed by atoms with Crippen molar-refractivity contribution in [2.75, 3.05) is 5.88 Å². The average molecular weight is 297 g/mol. The van der Waals surface area contributed by atoms with E-state index in [-0.39, 0.29) is 0 Å². The third-order valence-electron chi connectivity index (χ3n) is 5.48. The topological polar surface area (TPSA) is 25.8 Å². The van der Waals surface area contributed by atoms with Gasteiger partial charge >= 0.3 is 0 Å². The molecule has 0 radical (unpaired) electrons. The Bertz CT molecular complexity index is 435. The van der Waals surface area contributed by atoms with Crippen LogP contribution in [0.25, 0.3) is 0 Å². The molecule has 4 aliphatic carbocycles. The van der Waals surface area contributed by atoms with Crippen molar-refractivity contribution in [3.8, 4) is 0 Å². The van der Waals surface area contributed by atoms with Crippen molar-refractivity contribution in [3.63, 3.8) is 0 Å². The average Bonchev–Trinajstić information content (AvgIpc) is 2.84. The molecule has 0 unspecified atom stereocenters. The first kappa shape index (κ1) is 12.6. The van der Waals surface area contributed by atoms with E-state index in [4.69, 9.17) is 11.6 Å². The third kappa shape index (κ3) is 2.13. The number of aryl methyl sites for hydroxylation is 1. The molecule has 4 aliphatic rings. The Labute approximate surface area is 124 Å². The number of rotatable bonds is 4. The number of hydrogen-bond acceptors (Lipinski definition) is 3. The highest BCUT2D eigenvalue weighted by Crippen LogP contribution is 2.60. The maximum Gasteiger partial charge on any atom is 0.123 e. The van der Waals surface area contributed by atoms with Crippen LogP contribution in [0.5, 0.6) is 0 Å². The zero-order chi connectivity index (χ0) is 12.9. The third-order valence-corrected chi connectivity index (χ3v) is 6.98. The number of hydrogen-bond donors (Lipinski definition) is 0. The summed E-state index contributed by atoms with van der Waals surface area (Å²) in [5.41, 5.74) is 0.422. The minimum atomic E-state index is 0.422. The Kier molecular flexibility index (Phi) is 3.11. The highest BCUT2D eigenvalue weighted by atomic mass is 35.5. The highest BCUT2D eigenvalue weighted by molar-refractivity contribution is 7.11. The zero-order valence-corrected chi connectivity index (χ0v) is 12.8. The molecule has 0 saturated heterocycles. The van der Waals surface area contributed by atoms with E-state index in [1.165, 1.54) is 48.5 Å². The van der Waals surface area contributed by atoms with Gasteiger partial charge in [-0.15, -0.1) is 33.1 Å². The minimum absolute atomic E-state index is 0.422. The van der Waals surface area contributed by atoms with Crippen LogP contribution in [0.3, 0.4) is 0 Å². The van der Waals surface area contributed by atoms with Crippen molar-refractivity contribution in [1.29, 1.82) is 0 Å². The lowest BCUT2D eigenvalue weighted by Gasteiger charge is -2.55. The van der Waals surface area contributed by atoms with Gasteiger partial charge in [-0.1, -0.05) is 0 Å². The van der Waals surface area contributed by atoms with Crippen molar-refractivity contribution in [3.05, 3.63) is 10.0 Å². The normalized spacial score (nSPS) is 39.9. The first-order valence-corrected chi connectivity index (χ1v) is 9.01. The maximum atomic E-state index is 5.77. The Balaban J connectivity index is 1.59. The summed E-state index contributed by atoms with van der Waals surface area (Å²) in [7, 11) is 0. The van der Waals surface area contributed by atoms with E-state index < -0.39 is 0 Å². The van der Waals surface area contributed by atoms with Crippen molar-refractivity contribution in [2.45, 2.75) is 56.8 Å². The number of alkyl halides is 1. The van der Waals surface area contributed by atoms with Gasteiger partial charge in [0.25, 0.3) is 0 Å². The van der Waals surface area contributed by atoms with Gasteiger partial charge in [-0.05, 0) is 62.7 Å². The molecule has 0 atom stereocenters. The second kappa shape index (κ2) is 4.70. The lowest BCUT2D eigenvalue weighted by atomic mass is 9.50. The van der Waals surface area contributed by atoms with Gasteiger partial charge in [0.15, 0.2) is 0 Å². The Morgan fingerprint density at radius 2 is 1.68 bits per heavy atom. The number of halogens is 1. The molecule has 4 fully saturated rings. The first-order chi connectivity index (χ1) is 9.27. The summed E-state index contributed by atoms with van der Waals surface area (Å²) >= 11 is 7.65. The van der Waals surface area contributed by atoms with E-state index >= 15 is 0 Å². The van der Waals surface area contributed by atoms with Crippen LogP contribution in [0.4, 0.5) is 0 Å². The van der Waals surface area contributed by atoms with E-state index in [9.17, 15) is 0 Å². The van der Waals surface area contributed by atoms with Gasteiger partial charge in [-0.25, -0.2) is 0 Å². The molecule has 5 rings (SSSR count). The molecule has 1 aromatic heterocycles. The van der Waals surface area contributed by atoms with Gasteiger partial charge in [-0.3, -0.25) is 0 Å². The van der Waals surface area contributed by atoms with Gasteiger partial charge in [0.05, 0.1) is 0 Å². The van der Waals surface area contributed by atoms with Crippen molar-refractivity contribution in [2.24, 2.45) is 17.8 Å². The second-order valence-corrected chi connectivity index (χ2v) is 8.43. The monoisotopic (exact) mass is 296 g/mol. The first-order valence-electron chi connectivity index (χ1n) is 7.66. The molecule has 1 aromatic rings. The molecule has 2 nitrogen and oxygen atoms in total. The van der Waals surface area contributed by atoms with Crippen molar-refractivity contribution >= 4 is 22.9 Å². The van der Waals surface area contributed by atoms with Crippen LogP contribution >= 0.6 is 22.9 Å². The van der Waals surface area contributed by atoms with Crippen molar-refractivity contribution in [1.82, 2.24) is 10.2 Å². The summed E-state index contributed by atoms with van der Waals surface area (Å²) in [6.45, 7) is 0. The molecule has 19 heavy (non-hydrogen) atoms. The van der Waals surface area contributed by atoms with Gasteiger partial charge in [-0.2, -0.15) is 0 Å². The second-order valence-electron chi connectivity index (χ2n) is 6.99. The van der Waals surface area contributed by atoms with Gasteiger partial charge in [0.1, 0.15) is 10.0 Å². The van der Waals surface area contributed by atoms with E-state index in [1.54, 1.807) is 0 Å². The minimum Gasteiger partial charge on any atom is -0.144 e. The lowest BCUT2D eigenvalue weighted by molar-refractivity contribution is -0.00555. The summed E-state index contributed by atoms with van der Waals surface area (Å²) in [4.78, 5) is 0. The summed E-state index contributed by atoms with van der Waals surface area (Å²) in [5, 5.41) is 11.6. The molecule has 0 aromatic carbocycles. The van der Waals surface area contributed by atoms with Gasteiger partial charge in [0, 0.05) is 17.7 Å². The summed E-state index contributed by atoms with van der Waals surface area (Å²) in [6, 6.07) is 0. The fourth-order valence-corrected chi connectivity index (χ4v) is 6.39. The zero-order valence-electron chi connectivity index (χ0n) is 11.3. The molecule has 0 aliphatic heterocycles. The molecular formula is C15H21ClN2S. The number of nitrogens with zero attached hydrogens (tertiary/aromatic N) is 2. The van der Waals surface area contributed by atoms with Crippen LogP contribution in [0.2, 0.25) is 0 Å². The molecular weight excluding hydrogens is 276 g/mol. The fraction of sp³-hybridized carbons (Fsp3) is 0.867. The van der Waals surface area contributed by atoms with Crippen LogP contribution in [-0.4, -0.2) is 16.1 Å². The van der Waals surface area contributed by atoms with E-state index in [0.29, 0.717) is 5.41 Å². The van der Waals surface area contributed by atoms with E-state index in [1.807, 2.05) is 11.3 Å². The molecule has 4 bridgehead atoms. The molecule has 4 saturated carbocycles. The largest absolute Gasteiger partial charge is 0.144 e. The maximum absolute atomic E-state index is 5.77. The van der Waals surface area contributed by atoms with Crippen LogP contribution in [0.15, 0.2) is 0 Å².